The Morgan fingerprint density at radius 1 is 1.10 bits per heavy atom. The normalized spacial score (nSPS) is 11.0. The maximum atomic E-state index is 12.8. The largest absolute Gasteiger partial charge is 0.489 e. The van der Waals surface area contributed by atoms with Crippen LogP contribution >= 0.6 is 0 Å². The summed E-state index contributed by atoms with van der Waals surface area (Å²) >= 11 is 0. The first-order chi connectivity index (χ1) is 14.5. The van der Waals surface area contributed by atoms with Crippen LogP contribution in [0.4, 0.5) is 5.69 Å². The molecule has 2 aromatic carbocycles. The summed E-state index contributed by atoms with van der Waals surface area (Å²) in [6.07, 6.45) is 0. The maximum absolute atomic E-state index is 12.8. The van der Waals surface area contributed by atoms with Crippen LogP contribution in [0.2, 0.25) is 0 Å². The number of ether oxygens (including phenoxy) is 1. The maximum Gasteiger partial charge on any atom is 0.255 e. The second-order valence-electron chi connectivity index (χ2n) is 7.24. The number of aryl methyl sites for hydroxylation is 2. The smallest absolute Gasteiger partial charge is 0.255 e. The van der Waals surface area contributed by atoms with E-state index in [9.17, 15) is 4.79 Å². The molecule has 0 unspecified atom stereocenters. The Hall–Kier alpha value is -3.12. The Kier molecular flexibility index (Phi) is 7.25. The summed E-state index contributed by atoms with van der Waals surface area (Å²) in [4.78, 5) is 15.1. The lowest BCUT2D eigenvalue weighted by molar-refractivity contribution is 0.102. The van der Waals surface area contributed by atoms with Crippen molar-refractivity contribution in [2.45, 2.75) is 40.8 Å². The number of hydrogen-bond acceptors (Lipinski definition) is 5. The molecular weight excluding hydrogens is 378 g/mol. The highest BCUT2D eigenvalue weighted by molar-refractivity contribution is 6.04. The van der Waals surface area contributed by atoms with E-state index in [1.54, 1.807) is 12.1 Å². The van der Waals surface area contributed by atoms with Crippen molar-refractivity contribution in [1.82, 2.24) is 10.1 Å². The first-order valence-electron chi connectivity index (χ1n) is 10.3. The van der Waals surface area contributed by atoms with Crippen molar-refractivity contribution in [3.8, 4) is 5.75 Å². The fourth-order valence-corrected chi connectivity index (χ4v) is 3.25. The third-order valence-electron chi connectivity index (χ3n) is 5.15. The number of anilines is 1. The van der Waals surface area contributed by atoms with Gasteiger partial charge in [0, 0.05) is 17.8 Å². The van der Waals surface area contributed by atoms with E-state index in [-0.39, 0.29) is 5.91 Å². The lowest BCUT2D eigenvalue weighted by atomic mass is 10.1. The lowest BCUT2D eigenvalue weighted by Crippen LogP contribution is -2.22. The molecule has 0 bridgehead atoms. The van der Waals surface area contributed by atoms with Crippen LogP contribution in [0.1, 0.15) is 46.8 Å². The molecule has 0 fully saturated rings. The zero-order valence-corrected chi connectivity index (χ0v) is 18.1. The van der Waals surface area contributed by atoms with Crippen LogP contribution in [0.5, 0.6) is 5.75 Å². The summed E-state index contributed by atoms with van der Waals surface area (Å²) in [6, 6.07) is 15.1. The zero-order chi connectivity index (χ0) is 21.5. The highest BCUT2D eigenvalue weighted by Gasteiger charge is 2.12. The predicted molar refractivity (Wildman–Crippen MR) is 118 cm³/mol. The lowest BCUT2D eigenvalue weighted by Gasteiger charge is -2.18. The minimum Gasteiger partial charge on any atom is -0.489 e. The van der Waals surface area contributed by atoms with Crippen LogP contribution in [0, 0.1) is 13.8 Å². The van der Waals surface area contributed by atoms with Crippen LogP contribution in [0.3, 0.4) is 0 Å². The number of nitrogens with zero attached hydrogens (tertiary/aromatic N) is 2. The highest BCUT2D eigenvalue weighted by Crippen LogP contribution is 2.20. The van der Waals surface area contributed by atoms with Crippen LogP contribution in [-0.2, 0) is 13.2 Å². The third kappa shape index (κ3) is 5.48. The topological polar surface area (TPSA) is 67.6 Å². The molecule has 0 atom stereocenters. The molecule has 6 heteroatoms. The van der Waals surface area contributed by atoms with Gasteiger partial charge in [-0.1, -0.05) is 37.2 Å². The molecule has 1 heterocycles. The molecular formula is C24H29N3O3. The van der Waals surface area contributed by atoms with Crippen molar-refractivity contribution < 1.29 is 14.1 Å². The van der Waals surface area contributed by atoms with Gasteiger partial charge in [0.25, 0.3) is 5.91 Å². The SMILES string of the molecule is CCN(CC)Cc1cccc(NC(=O)c2cccc(OCc3c(C)noc3C)c2)c1. The molecule has 0 saturated carbocycles. The van der Waals surface area contributed by atoms with E-state index in [0.717, 1.165) is 42.3 Å². The summed E-state index contributed by atoms with van der Waals surface area (Å²) in [6.45, 7) is 11.2. The Balaban J connectivity index is 1.65. The molecule has 158 valence electrons. The van der Waals surface area contributed by atoms with Crippen molar-refractivity contribution in [3.63, 3.8) is 0 Å². The summed E-state index contributed by atoms with van der Waals surface area (Å²) in [5, 5.41) is 6.92. The predicted octanol–water partition coefficient (Wildman–Crippen LogP) is 4.96. The molecule has 1 aromatic heterocycles. The van der Waals surface area contributed by atoms with Crippen LogP contribution < -0.4 is 10.1 Å². The van der Waals surface area contributed by atoms with Gasteiger partial charge in [0.2, 0.25) is 0 Å². The van der Waals surface area contributed by atoms with E-state index in [0.29, 0.717) is 17.9 Å². The molecule has 0 spiro atoms. The average molecular weight is 408 g/mol. The van der Waals surface area contributed by atoms with E-state index >= 15 is 0 Å². The number of rotatable bonds is 9. The van der Waals surface area contributed by atoms with Gasteiger partial charge in [-0.2, -0.15) is 0 Å². The molecule has 6 nitrogen and oxygen atoms in total. The van der Waals surface area contributed by atoms with Gasteiger partial charge in [-0.25, -0.2) is 0 Å². The number of hydrogen-bond donors (Lipinski definition) is 1. The average Bonchev–Trinajstić information content (AvgIpc) is 3.08. The van der Waals surface area contributed by atoms with E-state index in [2.05, 4.69) is 35.3 Å². The van der Waals surface area contributed by atoms with Gasteiger partial charge in [0.1, 0.15) is 18.1 Å². The van der Waals surface area contributed by atoms with Crippen LogP contribution in [0.15, 0.2) is 53.1 Å². The van der Waals surface area contributed by atoms with E-state index in [1.807, 2.05) is 44.2 Å². The van der Waals surface area contributed by atoms with Gasteiger partial charge < -0.3 is 14.6 Å². The van der Waals surface area contributed by atoms with Crippen molar-refractivity contribution >= 4 is 11.6 Å². The van der Waals surface area contributed by atoms with Crippen molar-refractivity contribution in [2.24, 2.45) is 0 Å². The monoisotopic (exact) mass is 407 g/mol. The van der Waals surface area contributed by atoms with Gasteiger partial charge in [0.15, 0.2) is 0 Å². The minimum atomic E-state index is -0.169. The Morgan fingerprint density at radius 3 is 2.57 bits per heavy atom. The second-order valence-corrected chi connectivity index (χ2v) is 7.24. The number of benzene rings is 2. The summed E-state index contributed by atoms with van der Waals surface area (Å²) in [7, 11) is 0. The standard InChI is InChI=1S/C24H29N3O3/c1-5-27(6-2)15-19-9-7-11-21(13-19)25-24(28)20-10-8-12-22(14-20)29-16-23-17(3)26-30-18(23)4/h7-14H,5-6,15-16H2,1-4H3,(H,25,28). The van der Waals surface area contributed by atoms with E-state index in [4.69, 9.17) is 9.26 Å². The van der Waals surface area contributed by atoms with Crippen LogP contribution in [0.25, 0.3) is 0 Å². The quantitative estimate of drug-likeness (QED) is 0.543. The van der Waals surface area contributed by atoms with Gasteiger partial charge >= 0.3 is 0 Å². The minimum absolute atomic E-state index is 0.169. The first kappa shape index (κ1) is 21.6. The number of nitrogens with one attached hydrogen (secondary N) is 1. The molecule has 0 saturated heterocycles. The molecule has 3 rings (SSSR count). The summed E-state index contributed by atoms with van der Waals surface area (Å²) in [5.41, 5.74) is 4.24. The van der Waals surface area contributed by atoms with Gasteiger partial charge in [0.05, 0.1) is 11.3 Å². The number of carbonyl (C=O) groups excluding carboxylic acids is 1. The van der Waals surface area contributed by atoms with Crippen molar-refractivity contribution in [2.75, 3.05) is 18.4 Å². The molecule has 0 aliphatic heterocycles. The van der Waals surface area contributed by atoms with Gasteiger partial charge in [-0.15, -0.1) is 0 Å². The molecule has 3 aromatic rings. The fraction of sp³-hybridized carbons (Fsp3) is 0.333. The highest BCUT2D eigenvalue weighted by atomic mass is 16.5. The molecule has 0 aliphatic rings. The summed E-state index contributed by atoms with van der Waals surface area (Å²) in [5.74, 6) is 1.20. The molecule has 1 amide bonds. The van der Waals surface area contributed by atoms with Gasteiger partial charge in [-0.3, -0.25) is 9.69 Å². The molecule has 1 N–H and O–H groups in total. The molecule has 0 radical (unpaired) electrons. The Bertz CT molecular complexity index is 973. The Morgan fingerprint density at radius 2 is 1.87 bits per heavy atom. The van der Waals surface area contributed by atoms with Crippen molar-refractivity contribution in [3.05, 3.63) is 76.7 Å². The number of carbonyl (C=O) groups is 1. The molecule has 30 heavy (non-hydrogen) atoms. The number of aromatic nitrogens is 1. The van der Waals surface area contributed by atoms with Gasteiger partial charge in [-0.05, 0) is 62.8 Å². The fourth-order valence-electron chi connectivity index (χ4n) is 3.25. The Labute approximate surface area is 177 Å². The first-order valence-corrected chi connectivity index (χ1v) is 10.3. The van der Waals surface area contributed by atoms with E-state index < -0.39 is 0 Å². The van der Waals surface area contributed by atoms with E-state index in [1.165, 1.54) is 5.56 Å². The van der Waals surface area contributed by atoms with Crippen molar-refractivity contribution in [1.29, 1.82) is 0 Å². The second kappa shape index (κ2) is 10.1. The molecule has 0 aliphatic carbocycles. The number of amides is 1. The third-order valence-corrected chi connectivity index (χ3v) is 5.15. The summed E-state index contributed by atoms with van der Waals surface area (Å²) < 4.78 is 11.0. The zero-order valence-electron chi connectivity index (χ0n) is 18.1. The van der Waals surface area contributed by atoms with Crippen LogP contribution in [-0.4, -0.2) is 29.1 Å².